The Balaban J connectivity index is 1.74. The van der Waals surface area contributed by atoms with Gasteiger partial charge >= 0.3 is 0 Å². The number of ether oxygens (including phenoxy) is 2. The van der Waals surface area contributed by atoms with Crippen LogP contribution in [0.4, 0.5) is 5.69 Å². The van der Waals surface area contributed by atoms with E-state index in [1.165, 1.54) is 12.1 Å². The molecule has 0 radical (unpaired) electrons. The molecule has 168 valence electrons. The number of carbonyl (C=O) groups excluding carboxylic acids is 1. The van der Waals surface area contributed by atoms with Crippen LogP contribution < -0.4 is 14.2 Å². The van der Waals surface area contributed by atoms with Gasteiger partial charge in [-0.25, -0.2) is 8.42 Å². The molecule has 0 aromatic heterocycles. The molecule has 0 fully saturated rings. The van der Waals surface area contributed by atoms with Gasteiger partial charge in [0.1, 0.15) is 0 Å². The maximum absolute atomic E-state index is 12.9. The fourth-order valence-electron chi connectivity index (χ4n) is 3.26. The molecular weight excluding hydrogens is 428 g/mol. The Morgan fingerprint density at radius 3 is 2.25 bits per heavy atom. The molecule has 0 bridgehead atoms. The lowest BCUT2D eigenvalue weighted by Gasteiger charge is -2.19. The molecule has 0 aliphatic carbocycles. The number of nitrogens with zero attached hydrogens (tertiary/aromatic N) is 1. The van der Waals surface area contributed by atoms with Crippen molar-refractivity contribution in [1.29, 1.82) is 0 Å². The molecule has 1 N–H and O–H groups in total. The maximum Gasteiger partial charge on any atom is 0.261 e. The van der Waals surface area contributed by atoms with Crippen LogP contribution in [0.25, 0.3) is 0 Å². The Kier molecular flexibility index (Phi) is 7.05. The molecule has 0 aliphatic rings. The van der Waals surface area contributed by atoms with Gasteiger partial charge in [-0.3, -0.25) is 9.52 Å². The number of carbonyl (C=O) groups is 1. The number of hydrogen-bond acceptors (Lipinski definition) is 5. The second-order valence-corrected chi connectivity index (χ2v) is 8.98. The van der Waals surface area contributed by atoms with Gasteiger partial charge in [0.2, 0.25) is 0 Å². The molecule has 3 aromatic carbocycles. The summed E-state index contributed by atoms with van der Waals surface area (Å²) in [6.07, 6.45) is 0. The number of sulfonamides is 1. The summed E-state index contributed by atoms with van der Waals surface area (Å²) < 4.78 is 38.3. The first-order chi connectivity index (χ1) is 15.2. The summed E-state index contributed by atoms with van der Waals surface area (Å²) in [5.74, 6) is 1.03. The van der Waals surface area contributed by atoms with Crippen molar-refractivity contribution < 1.29 is 22.7 Å². The van der Waals surface area contributed by atoms with E-state index in [0.717, 1.165) is 5.56 Å². The number of hydrogen-bond donors (Lipinski definition) is 1. The molecule has 3 aromatic rings. The summed E-state index contributed by atoms with van der Waals surface area (Å²) in [5.41, 5.74) is 2.43. The highest BCUT2D eigenvalue weighted by Crippen LogP contribution is 2.28. The molecule has 8 heteroatoms. The van der Waals surface area contributed by atoms with Gasteiger partial charge in [0.05, 0.1) is 24.8 Å². The molecule has 7 nitrogen and oxygen atoms in total. The predicted octanol–water partition coefficient (Wildman–Crippen LogP) is 4.09. The lowest BCUT2D eigenvalue weighted by Crippen LogP contribution is -2.26. The van der Waals surface area contributed by atoms with E-state index in [2.05, 4.69) is 4.72 Å². The molecule has 0 aliphatic heterocycles. The van der Waals surface area contributed by atoms with E-state index in [4.69, 9.17) is 9.47 Å². The molecule has 32 heavy (non-hydrogen) atoms. The van der Waals surface area contributed by atoms with Crippen LogP contribution in [0.5, 0.6) is 11.5 Å². The minimum atomic E-state index is -3.71. The van der Waals surface area contributed by atoms with E-state index in [0.29, 0.717) is 34.9 Å². The summed E-state index contributed by atoms with van der Waals surface area (Å²) in [4.78, 5) is 14.7. The first-order valence-corrected chi connectivity index (χ1v) is 11.4. The maximum atomic E-state index is 12.9. The van der Waals surface area contributed by atoms with Gasteiger partial charge in [-0.15, -0.1) is 0 Å². The first kappa shape index (κ1) is 23.1. The van der Waals surface area contributed by atoms with E-state index in [9.17, 15) is 13.2 Å². The SMILES string of the molecule is COc1ccc(CN(C)C(=O)c2ccc(NS(=O)(=O)c3ccccc3)c(C)c2)cc1OC. The zero-order valence-electron chi connectivity index (χ0n) is 18.5. The first-order valence-electron chi connectivity index (χ1n) is 9.90. The van der Waals surface area contributed by atoms with Gasteiger partial charge < -0.3 is 14.4 Å². The van der Waals surface area contributed by atoms with Crippen LogP contribution in [0.2, 0.25) is 0 Å². The highest BCUT2D eigenvalue weighted by molar-refractivity contribution is 7.92. The Bertz CT molecular complexity index is 1210. The van der Waals surface area contributed by atoms with Gasteiger partial charge in [0, 0.05) is 19.2 Å². The summed E-state index contributed by atoms with van der Waals surface area (Å²) in [6, 6.07) is 18.5. The molecular formula is C24H26N2O5S. The van der Waals surface area contributed by atoms with Gasteiger partial charge in [0.15, 0.2) is 11.5 Å². The van der Waals surface area contributed by atoms with Crippen molar-refractivity contribution in [2.24, 2.45) is 0 Å². The highest BCUT2D eigenvalue weighted by Gasteiger charge is 2.18. The fraction of sp³-hybridized carbons (Fsp3) is 0.208. The lowest BCUT2D eigenvalue weighted by atomic mass is 10.1. The third-order valence-electron chi connectivity index (χ3n) is 4.99. The van der Waals surface area contributed by atoms with Crippen LogP contribution in [-0.2, 0) is 16.6 Å². The Morgan fingerprint density at radius 2 is 1.62 bits per heavy atom. The predicted molar refractivity (Wildman–Crippen MR) is 124 cm³/mol. The van der Waals surface area contributed by atoms with E-state index in [1.54, 1.807) is 75.6 Å². The summed E-state index contributed by atoms with van der Waals surface area (Å²) in [7, 11) is 1.13. The number of methoxy groups -OCH3 is 2. The van der Waals surface area contributed by atoms with Gasteiger partial charge in [-0.05, 0) is 60.5 Å². The normalized spacial score (nSPS) is 11.0. The summed E-state index contributed by atoms with van der Waals surface area (Å²) >= 11 is 0. The number of rotatable bonds is 8. The molecule has 3 rings (SSSR count). The van der Waals surface area contributed by atoms with Crippen molar-refractivity contribution in [1.82, 2.24) is 4.90 Å². The Morgan fingerprint density at radius 1 is 0.938 bits per heavy atom. The smallest absolute Gasteiger partial charge is 0.261 e. The second kappa shape index (κ2) is 9.74. The number of anilines is 1. The monoisotopic (exact) mass is 454 g/mol. The highest BCUT2D eigenvalue weighted by atomic mass is 32.2. The minimum Gasteiger partial charge on any atom is -0.493 e. The second-order valence-electron chi connectivity index (χ2n) is 7.30. The van der Waals surface area contributed by atoms with E-state index in [1.807, 2.05) is 12.1 Å². The number of aryl methyl sites for hydroxylation is 1. The molecule has 0 spiro atoms. The largest absolute Gasteiger partial charge is 0.493 e. The van der Waals surface area contributed by atoms with E-state index >= 15 is 0 Å². The van der Waals surface area contributed by atoms with Crippen LogP contribution in [0.15, 0.2) is 71.6 Å². The van der Waals surface area contributed by atoms with Gasteiger partial charge in [-0.2, -0.15) is 0 Å². The van der Waals surface area contributed by atoms with Crippen LogP contribution >= 0.6 is 0 Å². The molecule has 0 atom stereocenters. The topological polar surface area (TPSA) is 84.9 Å². The number of nitrogens with one attached hydrogen (secondary N) is 1. The van der Waals surface area contributed by atoms with Crippen LogP contribution in [-0.4, -0.2) is 40.5 Å². The standard InChI is InChI=1S/C24H26N2O5S/c1-17-14-19(11-12-21(17)25-32(28,29)20-8-6-5-7-9-20)24(27)26(2)16-18-10-13-22(30-3)23(15-18)31-4/h5-15,25H,16H2,1-4H3. The van der Waals surface area contributed by atoms with Crippen molar-refractivity contribution in [2.45, 2.75) is 18.4 Å². The van der Waals surface area contributed by atoms with Crippen molar-refractivity contribution in [3.8, 4) is 11.5 Å². The van der Waals surface area contributed by atoms with Crippen LogP contribution in [0.3, 0.4) is 0 Å². The number of amides is 1. The third kappa shape index (κ3) is 5.20. The molecule has 1 amide bonds. The van der Waals surface area contributed by atoms with E-state index in [-0.39, 0.29) is 10.8 Å². The lowest BCUT2D eigenvalue weighted by molar-refractivity contribution is 0.0785. The molecule has 0 heterocycles. The Labute approximate surface area is 188 Å². The molecule has 0 saturated heterocycles. The zero-order valence-corrected chi connectivity index (χ0v) is 19.3. The van der Waals surface area contributed by atoms with Crippen molar-refractivity contribution in [3.05, 3.63) is 83.4 Å². The Hall–Kier alpha value is -3.52. The van der Waals surface area contributed by atoms with E-state index < -0.39 is 10.0 Å². The summed E-state index contributed by atoms with van der Waals surface area (Å²) in [6.45, 7) is 2.13. The quantitative estimate of drug-likeness (QED) is 0.554. The summed E-state index contributed by atoms with van der Waals surface area (Å²) in [5, 5.41) is 0. The van der Waals surface area contributed by atoms with Crippen LogP contribution in [0, 0.1) is 6.92 Å². The average molecular weight is 455 g/mol. The minimum absolute atomic E-state index is 0.175. The van der Waals surface area contributed by atoms with Crippen molar-refractivity contribution in [2.75, 3.05) is 26.0 Å². The number of benzene rings is 3. The van der Waals surface area contributed by atoms with Crippen LogP contribution in [0.1, 0.15) is 21.5 Å². The van der Waals surface area contributed by atoms with Crippen molar-refractivity contribution in [3.63, 3.8) is 0 Å². The van der Waals surface area contributed by atoms with Gasteiger partial charge in [-0.1, -0.05) is 24.3 Å². The third-order valence-corrected chi connectivity index (χ3v) is 6.37. The van der Waals surface area contributed by atoms with Gasteiger partial charge in [0.25, 0.3) is 15.9 Å². The molecule has 0 unspecified atom stereocenters. The molecule has 0 saturated carbocycles. The average Bonchev–Trinajstić information content (AvgIpc) is 2.80. The van der Waals surface area contributed by atoms with Crippen molar-refractivity contribution >= 4 is 21.6 Å². The fourth-order valence-corrected chi connectivity index (χ4v) is 4.41. The zero-order chi connectivity index (χ0) is 23.3.